The van der Waals surface area contributed by atoms with Crippen LogP contribution in [0.1, 0.15) is 85.0 Å². The second kappa shape index (κ2) is 9.15. The SMILES string of the molecule is CCCCCCCCC1CC(=O)N(C(C)CCC)C1=O. The van der Waals surface area contributed by atoms with Crippen LogP contribution in [0, 0.1) is 5.92 Å². The first-order valence-corrected chi connectivity index (χ1v) is 8.47. The molecular weight excluding hydrogens is 250 g/mol. The lowest BCUT2D eigenvalue weighted by atomic mass is 9.99. The number of carbonyl (C=O) groups is 2. The fourth-order valence-corrected chi connectivity index (χ4v) is 3.12. The molecule has 0 aromatic heterocycles. The highest BCUT2D eigenvalue weighted by Crippen LogP contribution is 2.27. The first-order valence-electron chi connectivity index (χ1n) is 8.47. The molecule has 0 bridgehead atoms. The smallest absolute Gasteiger partial charge is 0.233 e. The van der Waals surface area contributed by atoms with Gasteiger partial charge < -0.3 is 0 Å². The van der Waals surface area contributed by atoms with Gasteiger partial charge in [0.25, 0.3) is 0 Å². The Morgan fingerprint density at radius 1 is 1.05 bits per heavy atom. The minimum Gasteiger partial charge on any atom is -0.280 e. The maximum absolute atomic E-state index is 12.3. The van der Waals surface area contributed by atoms with E-state index in [0.29, 0.717) is 6.42 Å². The lowest BCUT2D eigenvalue weighted by molar-refractivity contribution is -0.141. The molecule has 0 aromatic carbocycles. The van der Waals surface area contributed by atoms with Gasteiger partial charge in [-0.25, -0.2) is 0 Å². The van der Waals surface area contributed by atoms with Crippen molar-refractivity contribution in [2.24, 2.45) is 5.92 Å². The van der Waals surface area contributed by atoms with Crippen LogP contribution in [0.5, 0.6) is 0 Å². The van der Waals surface area contributed by atoms with Crippen LogP contribution in [-0.2, 0) is 9.59 Å². The largest absolute Gasteiger partial charge is 0.280 e. The molecule has 1 aliphatic heterocycles. The van der Waals surface area contributed by atoms with Gasteiger partial charge in [0.1, 0.15) is 0 Å². The van der Waals surface area contributed by atoms with Crippen molar-refractivity contribution in [3.63, 3.8) is 0 Å². The minimum atomic E-state index is -0.0343. The number of hydrogen-bond acceptors (Lipinski definition) is 2. The molecule has 2 atom stereocenters. The van der Waals surface area contributed by atoms with E-state index in [2.05, 4.69) is 13.8 Å². The van der Waals surface area contributed by atoms with E-state index in [1.165, 1.54) is 37.0 Å². The van der Waals surface area contributed by atoms with E-state index >= 15 is 0 Å². The quantitative estimate of drug-likeness (QED) is 0.442. The predicted molar refractivity (Wildman–Crippen MR) is 82.3 cm³/mol. The van der Waals surface area contributed by atoms with Crippen LogP contribution < -0.4 is 0 Å². The molecule has 1 fully saturated rings. The molecule has 0 N–H and O–H groups in total. The summed E-state index contributed by atoms with van der Waals surface area (Å²) in [6, 6.07) is 0.0783. The maximum Gasteiger partial charge on any atom is 0.233 e. The van der Waals surface area contributed by atoms with E-state index in [0.717, 1.165) is 25.7 Å². The Hall–Kier alpha value is -0.860. The zero-order chi connectivity index (χ0) is 15.0. The average molecular weight is 281 g/mol. The van der Waals surface area contributed by atoms with Crippen molar-refractivity contribution in [1.82, 2.24) is 4.90 Å². The molecule has 0 aliphatic carbocycles. The first kappa shape index (κ1) is 17.2. The summed E-state index contributed by atoms with van der Waals surface area (Å²) in [4.78, 5) is 25.8. The standard InChI is InChI=1S/C17H31NO2/c1-4-6-7-8-9-10-12-15-13-16(19)18(17(15)20)14(3)11-5-2/h14-15H,4-13H2,1-3H3. The summed E-state index contributed by atoms with van der Waals surface area (Å²) in [5.74, 6) is 0.101. The molecule has 3 nitrogen and oxygen atoms in total. The molecule has 0 saturated carbocycles. The van der Waals surface area contributed by atoms with Gasteiger partial charge in [-0.15, -0.1) is 0 Å². The monoisotopic (exact) mass is 281 g/mol. The van der Waals surface area contributed by atoms with Crippen LogP contribution in [0.15, 0.2) is 0 Å². The van der Waals surface area contributed by atoms with Crippen molar-refractivity contribution >= 4 is 11.8 Å². The average Bonchev–Trinajstić information content (AvgIpc) is 2.69. The van der Waals surface area contributed by atoms with Crippen LogP contribution >= 0.6 is 0 Å². The van der Waals surface area contributed by atoms with Crippen LogP contribution in [-0.4, -0.2) is 22.8 Å². The van der Waals surface area contributed by atoms with Crippen molar-refractivity contribution in [2.45, 2.75) is 91.0 Å². The normalized spacial score (nSPS) is 20.8. The number of imide groups is 1. The van der Waals surface area contributed by atoms with Crippen molar-refractivity contribution in [3.05, 3.63) is 0 Å². The Kier molecular flexibility index (Phi) is 7.86. The Bertz CT molecular complexity index is 314. The van der Waals surface area contributed by atoms with Crippen LogP contribution in [0.25, 0.3) is 0 Å². The lowest BCUT2D eigenvalue weighted by Crippen LogP contribution is -2.38. The van der Waals surface area contributed by atoms with Gasteiger partial charge in [-0.3, -0.25) is 14.5 Å². The number of rotatable bonds is 10. The number of carbonyl (C=O) groups excluding carboxylic acids is 2. The van der Waals surface area contributed by atoms with E-state index < -0.39 is 0 Å². The first-order chi connectivity index (χ1) is 9.61. The minimum absolute atomic E-state index is 0.0343. The summed E-state index contributed by atoms with van der Waals surface area (Å²) in [5, 5.41) is 0. The summed E-state index contributed by atoms with van der Waals surface area (Å²) in [5.41, 5.74) is 0. The third kappa shape index (κ3) is 4.92. The molecule has 116 valence electrons. The van der Waals surface area contributed by atoms with Gasteiger partial charge in [0.15, 0.2) is 0 Å². The number of hydrogen-bond donors (Lipinski definition) is 0. The topological polar surface area (TPSA) is 37.4 Å². The molecule has 3 heteroatoms. The highest BCUT2D eigenvalue weighted by atomic mass is 16.2. The summed E-state index contributed by atoms with van der Waals surface area (Å²) >= 11 is 0. The fraction of sp³-hybridized carbons (Fsp3) is 0.882. The molecular formula is C17H31NO2. The van der Waals surface area contributed by atoms with E-state index in [1.54, 1.807) is 0 Å². The van der Waals surface area contributed by atoms with E-state index in [-0.39, 0.29) is 23.8 Å². The molecule has 1 saturated heterocycles. The second-order valence-electron chi connectivity index (χ2n) is 6.20. The van der Waals surface area contributed by atoms with Crippen molar-refractivity contribution in [3.8, 4) is 0 Å². The molecule has 1 rings (SSSR count). The van der Waals surface area contributed by atoms with Crippen LogP contribution in [0.3, 0.4) is 0 Å². The lowest BCUT2D eigenvalue weighted by Gasteiger charge is -2.22. The van der Waals surface area contributed by atoms with Crippen molar-refractivity contribution in [1.29, 1.82) is 0 Å². The van der Waals surface area contributed by atoms with Crippen LogP contribution in [0.4, 0.5) is 0 Å². The number of unbranched alkanes of at least 4 members (excludes halogenated alkanes) is 5. The van der Waals surface area contributed by atoms with E-state index in [4.69, 9.17) is 0 Å². The second-order valence-corrected chi connectivity index (χ2v) is 6.20. The number of likely N-dealkylation sites (tertiary alicyclic amines) is 1. The third-order valence-electron chi connectivity index (χ3n) is 4.33. The van der Waals surface area contributed by atoms with E-state index in [9.17, 15) is 9.59 Å². The van der Waals surface area contributed by atoms with Crippen LogP contribution in [0.2, 0.25) is 0 Å². The number of nitrogens with zero attached hydrogens (tertiary/aromatic N) is 1. The van der Waals surface area contributed by atoms with Gasteiger partial charge in [0, 0.05) is 18.4 Å². The van der Waals surface area contributed by atoms with E-state index in [1.807, 2.05) is 6.92 Å². The molecule has 2 amide bonds. The zero-order valence-corrected chi connectivity index (χ0v) is 13.5. The Morgan fingerprint density at radius 3 is 2.35 bits per heavy atom. The summed E-state index contributed by atoms with van der Waals surface area (Å²) < 4.78 is 0. The zero-order valence-electron chi connectivity index (χ0n) is 13.5. The highest BCUT2D eigenvalue weighted by molar-refractivity contribution is 6.03. The predicted octanol–water partition coefficient (Wildman–Crippen LogP) is 4.30. The van der Waals surface area contributed by atoms with Gasteiger partial charge in [0.2, 0.25) is 11.8 Å². The molecule has 2 unspecified atom stereocenters. The van der Waals surface area contributed by atoms with Gasteiger partial charge in [-0.05, 0) is 19.8 Å². The summed E-state index contributed by atoms with van der Waals surface area (Å²) in [6.07, 6.45) is 10.7. The van der Waals surface area contributed by atoms with Gasteiger partial charge in [-0.1, -0.05) is 58.8 Å². The molecule has 20 heavy (non-hydrogen) atoms. The third-order valence-corrected chi connectivity index (χ3v) is 4.33. The molecule has 0 radical (unpaired) electrons. The van der Waals surface area contributed by atoms with Gasteiger partial charge >= 0.3 is 0 Å². The Morgan fingerprint density at radius 2 is 1.70 bits per heavy atom. The Labute approximate surface area is 124 Å². The molecule has 0 spiro atoms. The maximum atomic E-state index is 12.3. The van der Waals surface area contributed by atoms with Crippen molar-refractivity contribution in [2.75, 3.05) is 0 Å². The number of amides is 2. The molecule has 1 aliphatic rings. The Balaban J connectivity index is 2.31. The summed E-state index contributed by atoms with van der Waals surface area (Å²) in [7, 11) is 0. The van der Waals surface area contributed by atoms with Gasteiger partial charge in [-0.2, -0.15) is 0 Å². The summed E-state index contributed by atoms with van der Waals surface area (Å²) in [6.45, 7) is 6.30. The molecule has 1 heterocycles. The van der Waals surface area contributed by atoms with Crippen molar-refractivity contribution < 1.29 is 9.59 Å². The highest BCUT2D eigenvalue weighted by Gasteiger charge is 2.39. The molecule has 0 aromatic rings. The van der Waals surface area contributed by atoms with Gasteiger partial charge in [0.05, 0.1) is 0 Å². The fourth-order valence-electron chi connectivity index (χ4n) is 3.12.